The molecule has 0 spiro atoms. The van der Waals surface area contributed by atoms with Crippen LogP contribution in [-0.2, 0) is 0 Å². The summed E-state index contributed by atoms with van der Waals surface area (Å²) in [6.07, 6.45) is -9.88. The molecule has 0 unspecified atom stereocenters. The van der Waals surface area contributed by atoms with E-state index >= 15 is 0 Å². The van der Waals surface area contributed by atoms with Gasteiger partial charge in [0, 0.05) is 17.0 Å². The number of carbonyl (C=O) groups is 1. The lowest BCUT2D eigenvalue weighted by Crippen LogP contribution is -2.35. The zero-order chi connectivity index (χ0) is 24.0. The summed E-state index contributed by atoms with van der Waals surface area (Å²) in [6.45, 7) is 0. The first-order valence-electron chi connectivity index (χ1n) is 9.24. The quantitative estimate of drug-likeness (QED) is 0.398. The van der Waals surface area contributed by atoms with Crippen molar-refractivity contribution in [2.24, 2.45) is 0 Å². The average Bonchev–Trinajstić information content (AvgIpc) is 3.36. The standard InChI is InChI=1S/C19H13ClF6N4O2S/c20-14-15(17(31)27-9-3-5-10(6-4-9)32-19(24,25)26)29-30-13(18(21,22)23)8-11(28-16(14)30)12-2-1-7-33-12/h1-7,11,13,28H,8H2,(H,27,31)/t11-,13-/m0/s1. The summed E-state index contributed by atoms with van der Waals surface area (Å²) >= 11 is 7.51. The predicted octanol–water partition coefficient (Wildman–Crippen LogP) is 6.41. The van der Waals surface area contributed by atoms with Gasteiger partial charge in [0.05, 0.1) is 6.04 Å². The molecule has 0 saturated heterocycles. The Balaban J connectivity index is 1.59. The number of halogens is 7. The molecule has 0 bridgehead atoms. The number of ether oxygens (including phenoxy) is 1. The summed E-state index contributed by atoms with van der Waals surface area (Å²) in [5.74, 6) is -1.59. The van der Waals surface area contributed by atoms with Gasteiger partial charge in [-0.3, -0.25) is 4.79 Å². The van der Waals surface area contributed by atoms with E-state index in [4.69, 9.17) is 11.6 Å². The molecule has 1 amide bonds. The molecule has 33 heavy (non-hydrogen) atoms. The van der Waals surface area contributed by atoms with Crippen LogP contribution < -0.4 is 15.4 Å². The minimum Gasteiger partial charge on any atom is -0.406 e. The van der Waals surface area contributed by atoms with E-state index in [1.165, 1.54) is 11.3 Å². The highest BCUT2D eigenvalue weighted by atomic mass is 35.5. The highest BCUT2D eigenvalue weighted by Crippen LogP contribution is 2.46. The predicted molar refractivity (Wildman–Crippen MR) is 109 cm³/mol. The lowest BCUT2D eigenvalue weighted by Gasteiger charge is -2.32. The fourth-order valence-electron chi connectivity index (χ4n) is 3.34. The molecule has 176 valence electrons. The first-order chi connectivity index (χ1) is 15.4. The fraction of sp³-hybridized carbons (Fsp3) is 0.263. The summed E-state index contributed by atoms with van der Waals surface area (Å²) in [5, 5.41) is 10.5. The van der Waals surface area contributed by atoms with Gasteiger partial charge in [0.2, 0.25) is 0 Å². The van der Waals surface area contributed by atoms with Crippen LogP contribution >= 0.6 is 22.9 Å². The van der Waals surface area contributed by atoms with Crippen molar-refractivity contribution in [3.63, 3.8) is 0 Å². The molecule has 3 aromatic rings. The minimum atomic E-state index is -4.88. The molecule has 0 radical (unpaired) electrons. The molecular weight excluding hydrogens is 498 g/mol. The van der Waals surface area contributed by atoms with Gasteiger partial charge in [-0.25, -0.2) is 4.68 Å². The van der Waals surface area contributed by atoms with E-state index in [-0.39, 0.29) is 22.9 Å². The van der Waals surface area contributed by atoms with E-state index in [9.17, 15) is 31.1 Å². The monoisotopic (exact) mass is 510 g/mol. The van der Waals surface area contributed by atoms with Crippen LogP contribution in [0.5, 0.6) is 5.75 Å². The number of amides is 1. The largest absolute Gasteiger partial charge is 0.573 e. The Bertz CT molecular complexity index is 1140. The van der Waals surface area contributed by atoms with Gasteiger partial charge in [-0.15, -0.1) is 24.5 Å². The Morgan fingerprint density at radius 1 is 1.18 bits per heavy atom. The molecule has 0 aliphatic carbocycles. The van der Waals surface area contributed by atoms with Crippen LogP contribution in [-0.4, -0.2) is 28.2 Å². The molecular formula is C19H13ClF6N4O2S. The third kappa shape index (κ3) is 5.03. The summed E-state index contributed by atoms with van der Waals surface area (Å²) in [7, 11) is 0. The topological polar surface area (TPSA) is 68.2 Å². The van der Waals surface area contributed by atoms with Crippen molar-refractivity contribution < 1.29 is 35.9 Å². The second-order valence-corrected chi connectivity index (χ2v) is 8.34. The maximum atomic E-state index is 13.8. The normalized spacial score (nSPS) is 18.4. The maximum Gasteiger partial charge on any atom is 0.573 e. The molecule has 0 fully saturated rings. The molecule has 14 heteroatoms. The Morgan fingerprint density at radius 2 is 1.88 bits per heavy atom. The molecule has 4 rings (SSSR count). The van der Waals surface area contributed by atoms with E-state index in [2.05, 4.69) is 20.5 Å². The first-order valence-corrected chi connectivity index (χ1v) is 10.5. The van der Waals surface area contributed by atoms with Crippen molar-refractivity contribution in [1.29, 1.82) is 0 Å². The number of aromatic nitrogens is 2. The van der Waals surface area contributed by atoms with Crippen molar-refractivity contribution in [2.45, 2.75) is 31.0 Å². The van der Waals surface area contributed by atoms with Crippen molar-refractivity contribution in [3.05, 3.63) is 57.4 Å². The maximum absolute atomic E-state index is 13.8. The van der Waals surface area contributed by atoms with Crippen LogP contribution in [0.3, 0.4) is 0 Å². The Hall–Kier alpha value is -2.93. The number of benzene rings is 1. The number of anilines is 2. The van der Waals surface area contributed by atoms with Crippen LogP contribution in [0.15, 0.2) is 41.8 Å². The molecule has 6 nitrogen and oxygen atoms in total. The lowest BCUT2D eigenvalue weighted by molar-refractivity contribution is -0.274. The highest BCUT2D eigenvalue weighted by molar-refractivity contribution is 7.10. The smallest absolute Gasteiger partial charge is 0.406 e. The molecule has 2 aromatic heterocycles. The van der Waals surface area contributed by atoms with E-state index in [0.29, 0.717) is 9.56 Å². The van der Waals surface area contributed by atoms with Crippen molar-refractivity contribution >= 4 is 40.4 Å². The third-order valence-corrected chi connectivity index (χ3v) is 6.09. The van der Waals surface area contributed by atoms with Gasteiger partial charge in [-0.1, -0.05) is 17.7 Å². The summed E-state index contributed by atoms with van der Waals surface area (Å²) in [6, 6.07) is 4.90. The number of nitrogens with zero attached hydrogens (tertiary/aromatic N) is 2. The van der Waals surface area contributed by atoms with Crippen molar-refractivity contribution in [3.8, 4) is 5.75 Å². The number of alkyl halides is 6. The highest BCUT2D eigenvalue weighted by Gasteiger charge is 2.48. The third-order valence-electron chi connectivity index (χ3n) is 4.74. The van der Waals surface area contributed by atoms with Crippen LogP contribution in [0.4, 0.5) is 37.8 Å². The van der Waals surface area contributed by atoms with Crippen LogP contribution in [0, 0.1) is 0 Å². The Labute approximate surface area is 191 Å². The fourth-order valence-corrected chi connectivity index (χ4v) is 4.40. The average molecular weight is 511 g/mol. The molecule has 1 aromatic carbocycles. The number of carbonyl (C=O) groups excluding carboxylic acids is 1. The molecule has 1 aliphatic rings. The Morgan fingerprint density at radius 3 is 2.45 bits per heavy atom. The first kappa shape index (κ1) is 23.2. The molecule has 2 atom stereocenters. The van der Waals surface area contributed by atoms with E-state index in [0.717, 1.165) is 24.3 Å². The van der Waals surface area contributed by atoms with Crippen molar-refractivity contribution in [2.75, 3.05) is 10.6 Å². The summed E-state index contributed by atoms with van der Waals surface area (Å²) in [4.78, 5) is 13.3. The van der Waals surface area contributed by atoms with Gasteiger partial charge in [0.1, 0.15) is 16.6 Å². The molecule has 1 aliphatic heterocycles. The summed E-state index contributed by atoms with van der Waals surface area (Å²) in [5.41, 5.74) is -0.399. The van der Waals surface area contributed by atoms with Gasteiger partial charge in [0.25, 0.3) is 5.91 Å². The second kappa shape index (κ2) is 8.45. The second-order valence-electron chi connectivity index (χ2n) is 6.99. The number of thiophene rings is 1. The van der Waals surface area contributed by atoms with Crippen LogP contribution in [0.2, 0.25) is 5.02 Å². The Kier molecular flexibility index (Phi) is 5.95. The summed E-state index contributed by atoms with van der Waals surface area (Å²) < 4.78 is 82.4. The zero-order valence-corrected chi connectivity index (χ0v) is 17.7. The number of fused-ring (bicyclic) bond motifs is 1. The van der Waals surface area contributed by atoms with E-state index in [1.54, 1.807) is 17.5 Å². The van der Waals surface area contributed by atoms with Gasteiger partial charge in [-0.2, -0.15) is 18.3 Å². The van der Waals surface area contributed by atoms with Crippen molar-refractivity contribution in [1.82, 2.24) is 9.78 Å². The van der Waals surface area contributed by atoms with Gasteiger partial charge < -0.3 is 15.4 Å². The van der Waals surface area contributed by atoms with Gasteiger partial charge in [-0.05, 0) is 35.7 Å². The van der Waals surface area contributed by atoms with Gasteiger partial charge >= 0.3 is 12.5 Å². The number of hydrogen-bond acceptors (Lipinski definition) is 5. The minimum absolute atomic E-state index is 0.0633. The molecule has 2 N–H and O–H groups in total. The van der Waals surface area contributed by atoms with E-state index < -0.39 is 42.0 Å². The SMILES string of the molecule is O=C(Nc1ccc(OC(F)(F)F)cc1)c1nn2c(c1Cl)N[C@H](c1cccs1)C[C@H]2C(F)(F)F. The number of nitrogens with one attached hydrogen (secondary N) is 2. The molecule has 0 saturated carbocycles. The van der Waals surface area contributed by atoms with Crippen LogP contribution in [0.25, 0.3) is 0 Å². The van der Waals surface area contributed by atoms with E-state index in [1.807, 2.05) is 0 Å². The lowest BCUT2D eigenvalue weighted by atomic mass is 10.0. The number of hydrogen-bond donors (Lipinski definition) is 2. The van der Waals surface area contributed by atoms with Crippen LogP contribution in [0.1, 0.15) is 33.9 Å². The van der Waals surface area contributed by atoms with Gasteiger partial charge in [0.15, 0.2) is 11.7 Å². The number of rotatable bonds is 4. The zero-order valence-electron chi connectivity index (χ0n) is 16.2. The molecule has 3 heterocycles.